The van der Waals surface area contributed by atoms with Crippen LogP contribution in [0, 0.1) is 0 Å². The van der Waals surface area contributed by atoms with E-state index in [0.717, 1.165) is 30.2 Å². The maximum atomic E-state index is 6.04. The fraction of sp³-hybridized carbons (Fsp3) is 0.625. The van der Waals surface area contributed by atoms with Gasteiger partial charge in [-0.1, -0.05) is 0 Å². The maximum absolute atomic E-state index is 6.04. The second-order valence-electron chi connectivity index (χ2n) is 4.88. The highest BCUT2D eigenvalue weighted by molar-refractivity contribution is 5.42. The Morgan fingerprint density at radius 3 is 2.09 bits per heavy atom. The molecule has 126 valence electrons. The molecule has 6 nitrogen and oxygen atoms in total. The van der Waals surface area contributed by atoms with Gasteiger partial charge in [0.25, 0.3) is 0 Å². The zero-order valence-corrected chi connectivity index (χ0v) is 14.0. The number of methoxy groups -OCH3 is 4. The van der Waals surface area contributed by atoms with E-state index in [1.54, 1.807) is 28.4 Å². The van der Waals surface area contributed by atoms with Crippen LogP contribution < -0.4 is 15.2 Å². The molecule has 22 heavy (non-hydrogen) atoms. The first-order valence-electron chi connectivity index (χ1n) is 7.35. The summed E-state index contributed by atoms with van der Waals surface area (Å²) in [5, 5.41) is 0. The van der Waals surface area contributed by atoms with Crippen molar-refractivity contribution in [2.75, 3.05) is 61.3 Å². The van der Waals surface area contributed by atoms with Crippen LogP contribution in [0.1, 0.15) is 11.6 Å². The molecule has 0 radical (unpaired) electrons. The molecule has 1 aromatic carbocycles. The smallest absolute Gasteiger partial charge is 0.123 e. The molecule has 1 unspecified atom stereocenters. The standard InChI is InChI=1S/C16H28N2O4/c1-19-9-7-18(8-10-20-2)15(12-17)14-11-13(21-3)5-6-16(14)22-4/h5-6,11,15H,7-10,12,17H2,1-4H3. The highest BCUT2D eigenvalue weighted by atomic mass is 16.5. The third-order valence-electron chi connectivity index (χ3n) is 3.63. The summed E-state index contributed by atoms with van der Waals surface area (Å²) in [6, 6.07) is 5.77. The summed E-state index contributed by atoms with van der Waals surface area (Å²) in [5.41, 5.74) is 7.06. The monoisotopic (exact) mass is 312 g/mol. The zero-order valence-electron chi connectivity index (χ0n) is 14.0. The molecule has 0 aliphatic rings. The molecule has 1 rings (SSSR count). The Balaban J connectivity index is 3.07. The Morgan fingerprint density at radius 1 is 1.00 bits per heavy atom. The minimum atomic E-state index is 0.00958. The highest BCUT2D eigenvalue weighted by Crippen LogP contribution is 2.32. The van der Waals surface area contributed by atoms with Gasteiger partial charge in [-0.3, -0.25) is 4.90 Å². The third-order valence-corrected chi connectivity index (χ3v) is 3.63. The number of nitrogens with two attached hydrogens (primary N) is 1. The maximum Gasteiger partial charge on any atom is 0.123 e. The Labute approximate surface area is 133 Å². The van der Waals surface area contributed by atoms with Crippen LogP contribution in [0.4, 0.5) is 0 Å². The summed E-state index contributed by atoms with van der Waals surface area (Å²) in [5.74, 6) is 1.59. The molecule has 0 heterocycles. The first kappa shape index (κ1) is 18.7. The van der Waals surface area contributed by atoms with E-state index in [-0.39, 0.29) is 6.04 Å². The van der Waals surface area contributed by atoms with E-state index in [1.807, 2.05) is 18.2 Å². The van der Waals surface area contributed by atoms with E-state index < -0.39 is 0 Å². The van der Waals surface area contributed by atoms with E-state index in [4.69, 9.17) is 24.7 Å². The molecule has 1 atom stereocenters. The Kier molecular flexibility index (Phi) is 8.84. The minimum Gasteiger partial charge on any atom is -0.497 e. The molecule has 0 aliphatic heterocycles. The van der Waals surface area contributed by atoms with Gasteiger partial charge in [0.2, 0.25) is 0 Å². The van der Waals surface area contributed by atoms with Gasteiger partial charge < -0.3 is 24.7 Å². The van der Waals surface area contributed by atoms with Crippen molar-refractivity contribution in [1.82, 2.24) is 4.90 Å². The molecule has 0 spiro atoms. The fourth-order valence-corrected chi connectivity index (χ4v) is 2.41. The van der Waals surface area contributed by atoms with Gasteiger partial charge in [-0.15, -0.1) is 0 Å². The largest absolute Gasteiger partial charge is 0.497 e. The minimum absolute atomic E-state index is 0.00958. The molecule has 1 aromatic rings. The molecule has 6 heteroatoms. The lowest BCUT2D eigenvalue weighted by Gasteiger charge is -2.31. The lowest BCUT2D eigenvalue weighted by Crippen LogP contribution is -2.38. The van der Waals surface area contributed by atoms with Gasteiger partial charge >= 0.3 is 0 Å². The van der Waals surface area contributed by atoms with Gasteiger partial charge in [0.15, 0.2) is 0 Å². The van der Waals surface area contributed by atoms with Crippen molar-refractivity contribution in [3.05, 3.63) is 23.8 Å². The predicted octanol–water partition coefficient (Wildman–Crippen LogP) is 1.30. The van der Waals surface area contributed by atoms with Gasteiger partial charge in [0.05, 0.1) is 33.5 Å². The first-order chi connectivity index (χ1) is 10.7. The lowest BCUT2D eigenvalue weighted by atomic mass is 10.0. The predicted molar refractivity (Wildman–Crippen MR) is 86.7 cm³/mol. The molecule has 0 fully saturated rings. The van der Waals surface area contributed by atoms with Crippen molar-refractivity contribution in [2.45, 2.75) is 6.04 Å². The summed E-state index contributed by atoms with van der Waals surface area (Å²) in [7, 11) is 6.69. The van der Waals surface area contributed by atoms with Crippen LogP contribution in [-0.2, 0) is 9.47 Å². The normalized spacial score (nSPS) is 12.5. The van der Waals surface area contributed by atoms with Crippen molar-refractivity contribution in [1.29, 1.82) is 0 Å². The quantitative estimate of drug-likeness (QED) is 0.664. The van der Waals surface area contributed by atoms with Crippen LogP contribution in [0.25, 0.3) is 0 Å². The van der Waals surface area contributed by atoms with Crippen LogP contribution in [0.5, 0.6) is 11.5 Å². The molecule has 0 aromatic heterocycles. The molecular formula is C16H28N2O4. The van der Waals surface area contributed by atoms with Crippen molar-refractivity contribution in [3.63, 3.8) is 0 Å². The van der Waals surface area contributed by atoms with E-state index in [0.29, 0.717) is 19.8 Å². The van der Waals surface area contributed by atoms with Crippen molar-refractivity contribution in [3.8, 4) is 11.5 Å². The SMILES string of the molecule is COCCN(CCOC)C(CN)c1cc(OC)ccc1OC. The Bertz CT molecular complexity index is 421. The molecule has 0 bridgehead atoms. The van der Waals surface area contributed by atoms with E-state index in [1.165, 1.54) is 0 Å². The van der Waals surface area contributed by atoms with E-state index in [9.17, 15) is 0 Å². The summed E-state index contributed by atoms with van der Waals surface area (Å²) in [4.78, 5) is 2.24. The molecule has 2 N–H and O–H groups in total. The van der Waals surface area contributed by atoms with Crippen LogP contribution >= 0.6 is 0 Å². The fourth-order valence-electron chi connectivity index (χ4n) is 2.41. The van der Waals surface area contributed by atoms with Crippen LogP contribution in [-0.4, -0.2) is 66.2 Å². The summed E-state index contributed by atoms with van der Waals surface area (Å²) in [6.45, 7) is 3.26. The summed E-state index contributed by atoms with van der Waals surface area (Å²) >= 11 is 0. The summed E-state index contributed by atoms with van der Waals surface area (Å²) < 4.78 is 21.2. The van der Waals surface area contributed by atoms with Crippen LogP contribution in [0.2, 0.25) is 0 Å². The molecule has 0 saturated heterocycles. The van der Waals surface area contributed by atoms with Gasteiger partial charge in [-0.05, 0) is 18.2 Å². The van der Waals surface area contributed by atoms with E-state index >= 15 is 0 Å². The van der Waals surface area contributed by atoms with Gasteiger partial charge in [0.1, 0.15) is 11.5 Å². The van der Waals surface area contributed by atoms with Gasteiger partial charge in [0, 0.05) is 39.4 Å². The van der Waals surface area contributed by atoms with Crippen molar-refractivity contribution < 1.29 is 18.9 Å². The molecule has 0 amide bonds. The molecular weight excluding hydrogens is 284 g/mol. The topological polar surface area (TPSA) is 66.2 Å². The van der Waals surface area contributed by atoms with Crippen molar-refractivity contribution >= 4 is 0 Å². The van der Waals surface area contributed by atoms with E-state index in [2.05, 4.69) is 4.90 Å². The number of hydrogen-bond acceptors (Lipinski definition) is 6. The second-order valence-corrected chi connectivity index (χ2v) is 4.88. The van der Waals surface area contributed by atoms with Crippen LogP contribution in [0.3, 0.4) is 0 Å². The number of nitrogens with zero attached hydrogens (tertiary/aromatic N) is 1. The average molecular weight is 312 g/mol. The van der Waals surface area contributed by atoms with Crippen molar-refractivity contribution in [2.24, 2.45) is 5.73 Å². The number of benzene rings is 1. The number of hydrogen-bond donors (Lipinski definition) is 1. The highest BCUT2D eigenvalue weighted by Gasteiger charge is 2.22. The lowest BCUT2D eigenvalue weighted by molar-refractivity contribution is 0.0882. The molecule has 0 saturated carbocycles. The first-order valence-corrected chi connectivity index (χ1v) is 7.35. The van der Waals surface area contributed by atoms with Gasteiger partial charge in [-0.2, -0.15) is 0 Å². The Hall–Kier alpha value is -1.34. The number of rotatable bonds is 11. The average Bonchev–Trinajstić information content (AvgIpc) is 2.57. The zero-order chi connectivity index (χ0) is 16.4. The van der Waals surface area contributed by atoms with Gasteiger partial charge in [-0.25, -0.2) is 0 Å². The summed E-state index contributed by atoms with van der Waals surface area (Å²) in [6.07, 6.45) is 0. The Morgan fingerprint density at radius 2 is 1.64 bits per heavy atom. The third kappa shape index (κ3) is 5.14. The number of ether oxygens (including phenoxy) is 4. The molecule has 0 aliphatic carbocycles. The second kappa shape index (κ2) is 10.4. The van der Waals surface area contributed by atoms with Crippen LogP contribution in [0.15, 0.2) is 18.2 Å².